The fraction of sp³-hybridized carbons (Fsp3) is 0.240. The molecule has 2 heterocycles. The molecule has 146 valence electrons. The smallest absolute Gasteiger partial charge is 0.340 e. The highest BCUT2D eigenvalue weighted by molar-refractivity contribution is 5.97. The van der Waals surface area contributed by atoms with Crippen LogP contribution in [0.2, 0.25) is 0 Å². The second kappa shape index (κ2) is 6.11. The summed E-state index contributed by atoms with van der Waals surface area (Å²) in [6.07, 6.45) is 0. The van der Waals surface area contributed by atoms with Gasteiger partial charge in [-0.2, -0.15) is 0 Å². The zero-order chi connectivity index (χ0) is 20.3. The van der Waals surface area contributed by atoms with E-state index in [1.165, 1.54) is 0 Å². The number of rotatable bonds is 2. The van der Waals surface area contributed by atoms with Gasteiger partial charge in [0.1, 0.15) is 11.5 Å². The average Bonchev–Trinajstić information content (AvgIpc) is 2.99. The highest BCUT2D eigenvalue weighted by Gasteiger charge is 2.53. The van der Waals surface area contributed by atoms with E-state index >= 15 is 0 Å². The Labute approximate surface area is 170 Å². The number of benzene rings is 3. The minimum atomic E-state index is -0.995. The molecule has 3 aromatic rings. The maximum absolute atomic E-state index is 12.9. The van der Waals surface area contributed by atoms with Crippen LogP contribution in [0.1, 0.15) is 50.7 Å². The predicted molar refractivity (Wildman–Crippen MR) is 113 cm³/mol. The van der Waals surface area contributed by atoms with Crippen molar-refractivity contribution in [3.8, 4) is 11.5 Å². The molecule has 0 amide bonds. The number of carbonyl (C=O) groups is 1. The van der Waals surface area contributed by atoms with E-state index in [-0.39, 0.29) is 5.97 Å². The van der Waals surface area contributed by atoms with Crippen LogP contribution in [0.15, 0.2) is 48.5 Å². The third kappa shape index (κ3) is 2.35. The van der Waals surface area contributed by atoms with Crippen LogP contribution < -0.4 is 10.1 Å². The highest BCUT2D eigenvalue weighted by atomic mass is 16.6. The molecule has 4 nitrogen and oxygen atoms in total. The van der Waals surface area contributed by atoms with Crippen LogP contribution >= 0.6 is 0 Å². The Kier molecular flexibility index (Phi) is 3.75. The molecule has 1 atom stereocenters. The molecule has 1 N–H and O–H groups in total. The lowest BCUT2D eigenvalue weighted by molar-refractivity contribution is 0.0224. The second-order valence-corrected chi connectivity index (χ2v) is 7.84. The molecule has 0 saturated heterocycles. The van der Waals surface area contributed by atoms with Gasteiger partial charge in [-0.25, -0.2) is 4.79 Å². The van der Waals surface area contributed by atoms with Crippen molar-refractivity contribution in [3.63, 3.8) is 0 Å². The fourth-order valence-electron chi connectivity index (χ4n) is 4.46. The van der Waals surface area contributed by atoms with E-state index < -0.39 is 5.60 Å². The van der Waals surface area contributed by atoms with Gasteiger partial charge in [0.05, 0.1) is 5.56 Å². The molecule has 1 spiro atoms. The topological polar surface area (TPSA) is 47.6 Å². The van der Waals surface area contributed by atoms with E-state index in [0.29, 0.717) is 11.3 Å². The summed E-state index contributed by atoms with van der Waals surface area (Å²) >= 11 is 0. The molecule has 5 rings (SSSR count). The first-order chi connectivity index (χ1) is 14.0. The molecule has 29 heavy (non-hydrogen) atoms. The summed E-state index contributed by atoms with van der Waals surface area (Å²) in [6, 6.07) is 15.9. The van der Waals surface area contributed by atoms with Gasteiger partial charge in [0.25, 0.3) is 0 Å². The van der Waals surface area contributed by atoms with Gasteiger partial charge in [-0.1, -0.05) is 18.2 Å². The Morgan fingerprint density at radius 2 is 1.52 bits per heavy atom. The summed E-state index contributed by atoms with van der Waals surface area (Å²) in [5, 5.41) is 3.39. The van der Waals surface area contributed by atoms with Gasteiger partial charge in [0.2, 0.25) is 0 Å². The Morgan fingerprint density at radius 3 is 2.28 bits per heavy atom. The van der Waals surface area contributed by atoms with Crippen LogP contribution in [0.3, 0.4) is 0 Å². The molecule has 2 aliphatic rings. The molecular formula is C25H23NO3. The standard InChI is InChI=1S/C25H23NO3/c1-5-26-21-13-23-20(11-16(21)4)25(18-9-7-6-8-17(18)24(27)29-25)19-10-14(2)15(3)12-22(19)28-23/h6-13,26H,5H2,1-4H3. The average molecular weight is 385 g/mol. The molecule has 0 radical (unpaired) electrons. The SMILES string of the molecule is CCNc1cc2c(cc1C)C1(OC(=O)c3ccccc31)c1cc(C)c(C)cc1O2. The number of aryl methyl sites for hydroxylation is 3. The van der Waals surface area contributed by atoms with Gasteiger partial charge in [0, 0.05) is 35.0 Å². The molecule has 0 aromatic heterocycles. The number of hydrogen-bond donors (Lipinski definition) is 1. The van der Waals surface area contributed by atoms with Crippen molar-refractivity contribution in [2.24, 2.45) is 0 Å². The first-order valence-electron chi connectivity index (χ1n) is 9.97. The van der Waals surface area contributed by atoms with E-state index in [4.69, 9.17) is 9.47 Å². The number of hydrogen-bond acceptors (Lipinski definition) is 4. The van der Waals surface area contributed by atoms with Gasteiger partial charge in [0.15, 0.2) is 5.60 Å². The maximum atomic E-state index is 12.9. The molecule has 2 aliphatic heterocycles. The van der Waals surface area contributed by atoms with Crippen molar-refractivity contribution in [1.82, 2.24) is 0 Å². The number of fused-ring (bicyclic) bond motifs is 6. The van der Waals surface area contributed by atoms with Crippen LogP contribution in [0, 0.1) is 20.8 Å². The van der Waals surface area contributed by atoms with E-state index in [1.807, 2.05) is 36.4 Å². The number of ether oxygens (including phenoxy) is 2. The van der Waals surface area contributed by atoms with Gasteiger partial charge in [-0.05, 0) is 68.7 Å². The van der Waals surface area contributed by atoms with Crippen LogP contribution in [0.25, 0.3) is 0 Å². The molecule has 4 heteroatoms. The minimum Gasteiger partial charge on any atom is -0.456 e. The van der Waals surface area contributed by atoms with Crippen LogP contribution in [0.5, 0.6) is 11.5 Å². The van der Waals surface area contributed by atoms with Gasteiger partial charge >= 0.3 is 5.97 Å². The van der Waals surface area contributed by atoms with Crippen molar-refractivity contribution in [3.05, 3.63) is 87.5 Å². The minimum absolute atomic E-state index is 0.300. The van der Waals surface area contributed by atoms with E-state index in [2.05, 4.69) is 45.1 Å². The number of nitrogens with one attached hydrogen (secondary N) is 1. The van der Waals surface area contributed by atoms with Gasteiger partial charge in [-0.3, -0.25) is 0 Å². The first-order valence-corrected chi connectivity index (χ1v) is 9.97. The zero-order valence-corrected chi connectivity index (χ0v) is 17.1. The third-order valence-corrected chi connectivity index (χ3v) is 6.04. The van der Waals surface area contributed by atoms with Crippen molar-refractivity contribution >= 4 is 11.7 Å². The highest BCUT2D eigenvalue weighted by Crippen LogP contribution is 2.57. The zero-order valence-electron chi connectivity index (χ0n) is 17.1. The van der Waals surface area contributed by atoms with E-state index in [1.54, 1.807) is 0 Å². The number of esters is 1. The number of carbonyl (C=O) groups excluding carboxylic acids is 1. The third-order valence-electron chi connectivity index (χ3n) is 6.04. The Balaban J connectivity index is 1.88. The van der Waals surface area contributed by atoms with Crippen LogP contribution in [-0.2, 0) is 10.3 Å². The molecule has 1 unspecified atom stereocenters. The lowest BCUT2D eigenvalue weighted by Gasteiger charge is -2.37. The molecule has 0 bridgehead atoms. The largest absolute Gasteiger partial charge is 0.456 e. The van der Waals surface area contributed by atoms with Crippen LogP contribution in [-0.4, -0.2) is 12.5 Å². The maximum Gasteiger partial charge on any atom is 0.340 e. The summed E-state index contributed by atoms with van der Waals surface area (Å²) in [4.78, 5) is 12.9. The van der Waals surface area contributed by atoms with Crippen molar-refractivity contribution in [2.75, 3.05) is 11.9 Å². The van der Waals surface area contributed by atoms with Crippen LogP contribution in [0.4, 0.5) is 5.69 Å². The predicted octanol–water partition coefficient (Wildman–Crippen LogP) is 5.61. The summed E-state index contributed by atoms with van der Waals surface area (Å²) < 4.78 is 12.6. The van der Waals surface area contributed by atoms with E-state index in [9.17, 15) is 4.79 Å². The molecule has 0 saturated carbocycles. The molecular weight excluding hydrogens is 362 g/mol. The normalized spacial score (nSPS) is 18.6. The summed E-state index contributed by atoms with van der Waals surface area (Å²) in [5.74, 6) is 1.15. The fourth-order valence-corrected chi connectivity index (χ4v) is 4.46. The first kappa shape index (κ1) is 17.8. The van der Waals surface area contributed by atoms with Crippen molar-refractivity contribution in [2.45, 2.75) is 33.3 Å². The Hall–Kier alpha value is -3.27. The van der Waals surface area contributed by atoms with Crippen molar-refractivity contribution in [1.29, 1.82) is 0 Å². The monoisotopic (exact) mass is 385 g/mol. The molecule has 0 aliphatic carbocycles. The van der Waals surface area contributed by atoms with Gasteiger partial charge < -0.3 is 14.8 Å². The Morgan fingerprint density at radius 1 is 0.862 bits per heavy atom. The lowest BCUT2D eigenvalue weighted by Crippen LogP contribution is -2.33. The van der Waals surface area contributed by atoms with Gasteiger partial charge in [-0.15, -0.1) is 0 Å². The van der Waals surface area contributed by atoms with Crippen molar-refractivity contribution < 1.29 is 14.3 Å². The number of anilines is 1. The summed E-state index contributed by atoms with van der Waals surface area (Å²) in [7, 11) is 0. The van der Waals surface area contributed by atoms with E-state index in [0.717, 1.165) is 51.4 Å². The lowest BCUT2D eigenvalue weighted by atomic mass is 9.76. The second-order valence-electron chi connectivity index (χ2n) is 7.84. The Bertz CT molecular complexity index is 1180. The summed E-state index contributed by atoms with van der Waals surface area (Å²) in [6.45, 7) is 9.08. The molecule has 0 fully saturated rings. The summed E-state index contributed by atoms with van der Waals surface area (Å²) in [5.41, 5.74) is 6.60. The quantitative estimate of drug-likeness (QED) is 0.582. The molecule has 3 aromatic carbocycles.